The van der Waals surface area contributed by atoms with Crippen LogP contribution in [0.3, 0.4) is 0 Å². The predicted octanol–water partition coefficient (Wildman–Crippen LogP) is 6.45. The van der Waals surface area contributed by atoms with Crippen LogP contribution >= 0.6 is 0 Å². The Morgan fingerprint density at radius 2 is 1.67 bits per heavy atom. The minimum Gasteiger partial charge on any atom is -0.0654 e. The van der Waals surface area contributed by atoms with Gasteiger partial charge in [-0.2, -0.15) is 0 Å². The Bertz CT molecular complexity index is 192. The van der Waals surface area contributed by atoms with Gasteiger partial charge < -0.3 is 0 Å². The van der Waals surface area contributed by atoms with Gasteiger partial charge >= 0.3 is 0 Å². The molecule has 3 unspecified atom stereocenters. The third kappa shape index (κ3) is 6.25. The van der Waals surface area contributed by atoms with Crippen molar-refractivity contribution >= 4 is 0 Å². The fourth-order valence-corrected chi connectivity index (χ4v) is 3.51. The molecule has 108 valence electrons. The summed E-state index contributed by atoms with van der Waals surface area (Å²) >= 11 is 0. The van der Waals surface area contributed by atoms with Gasteiger partial charge in [-0.25, -0.2) is 0 Å². The molecule has 0 spiro atoms. The molecule has 0 nitrogen and oxygen atoms in total. The van der Waals surface area contributed by atoms with E-state index in [0.717, 1.165) is 23.7 Å². The molecule has 1 fully saturated rings. The van der Waals surface area contributed by atoms with Crippen LogP contribution in [0.4, 0.5) is 0 Å². The zero-order chi connectivity index (χ0) is 13.4. The molecule has 18 heavy (non-hydrogen) atoms. The SMILES string of the molecule is CCCCC1CC1CC(C)CCCC(CC)CC. The van der Waals surface area contributed by atoms with Gasteiger partial charge in [-0.15, -0.1) is 0 Å². The van der Waals surface area contributed by atoms with Crippen LogP contribution in [0, 0.1) is 23.7 Å². The Morgan fingerprint density at radius 3 is 2.28 bits per heavy atom. The molecule has 0 saturated heterocycles. The third-order valence-electron chi connectivity index (χ3n) is 5.17. The van der Waals surface area contributed by atoms with Gasteiger partial charge in [-0.05, 0) is 36.5 Å². The monoisotopic (exact) mass is 252 g/mol. The highest BCUT2D eigenvalue weighted by Crippen LogP contribution is 2.46. The lowest BCUT2D eigenvalue weighted by molar-refractivity contribution is 0.378. The summed E-state index contributed by atoms with van der Waals surface area (Å²) in [5, 5.41) is 0. The van der Waals surface area contributed by atoms with E-state index in [0.29, 0.717) is 0 Å². The minimum absolute atomic E-state index is 0.982. The van der Waals surface area contributed by atoms with Crippen LogP contribution in [0.1, 0.15) is 91.9 Å². The van der Waals surface area contributed by atoms with Gasteiger partial charge in [0.1, 0.15) is 0 Å². The normalized spacial score (nSPS) is 24.5. The highest BCUT2D eigenvalue weighted by atomic mass is 14.4. The molecule has 0 heteroatoms. The summed E-state index contributed by atoms with van der Waals surface area (Å²) in [7, 11) is 0. The Labute approximate surface area is 116 Å². The van der Waals surface area contributed by atoms with Crippen LogP contribution in [0.2, 0.25) is 0 Å². The van der Waals surface area contributed by atoms with E-state index >= 15 is 0 Å². The van der Waals surface area contributed by atoms with Crippen LogP contribution in [-0.2, 0) is 0 Å². The highest BCUT2D eigenvalue weighted by molar-refractivity contribution is 4.86. The van der Waals surface area contributed by atoms with Crippen molar-refractivity contribution in [2.24, 2.45) is 23.7 Å². The zero-order valence-electron chi connectivity index (χ0n) is 13.4. The first-order valence-corrected chi connectivity index (χ1v) is 8.71. The molecular formula is C18H36. The molecule has 1 rings (SSSR count). The molecule has 1 saturated carbocycles. The van der Waals surface area contributed by atoms with E-state index in [4.69, 9.17) is 0 Å². The second-order valence-electron chi connectivity index (χ2n) is 6.85. The van der Waals surface area contributed by atoms with Crippen molar-refractivity contribution in [3.63, 3.8) is 0 Å². The Balaban J connectivity index is 1.99. The molecular weight excluding hydrogens is 216 g/mol. The molecule has 3 atom stereocenters. The number of unbranched alkanes of at least 4 members (excludes halogenated alkanes) is 1. The molecule has 0 bridgehead atoms. The summed E-state index contributed by atoms with van der Waals surface area (Å²) in [5.74, 6) is 4.21. The molecule has 0 heterocycles. The van der Waals surface area contributed by atoms with Gasteiger partial charge in [0, 0.05) is 0 Å². The van der Waals surface area contributed by atoms with Gasteiger partial charge in [-0.1, -0.05) is 79.1 Å². The Kier molecular flexibility index (Phi) is 8.02. The van der Waals surface area contributed by atoms with Gasteiger partial charge in [0.25, 0.3) is 0 Å². The standard InChI is InChI=1S/C18H36/c1-5-8-12-17-14-18(17)13-15(4)10-9-11-16(6-2)7-3/h15-18H,5-14H2,1-4H3. The smallest absolute Gasteiger partial charge is 0.0380 e. The molecule has 0 radical (unpaired) electrons. The largest absolute Gasteiger partial charge is 0.0654 e. The fourth-order valence-electron chi connectivity index (χ4n) is 3.51. The van der Waals surface area contributed by atoms with Gasteiger partial charge in [-0.3, -0.25) is 0 Å². The quantitative estimate of drug-likeness (QED) is 0.396. The van der Waals surface area contributed by atoms with E-state index in [1.165, 1.54) is 57.8 Å². The third-order valence-corrected chi connectivity index (χ3v) is 5.17. The number of hydrogen-bond acceptors (Lipinski definition) is 0. The van der Waals surface area contributed by atoms with Crippen LogP contribution in [0.25, 0.3) is 0 Å². The molecule has 0 amide bonds. The summed E-state index contributed by atoms with van der Waals surface area (Å²) in [5.41, 5.74) is 0. The lowest BCUT2D eigenvalue weighted by Crippen LogP contribution is -2.01. The van der Waals surface area contributed by atoms with E-state index in [9.17, 15) is 0 Å². The maximum absolute atomic E-state index is 2.49. The summed E-state index contributed by atoms with van der Waals surface area (Å²) < 4.78 is 0. The molecule has 1 aliphatic rings. The van der Waals surface area contributed by atoms with Crippen molar-refractivity contribution in [1.82, 2.24) is 0 Å². The molecule has 0 aromatic heterocycles. The van der Waals surface area contributed by atoms with Crippen molar-refractivity contribution in [2.45, 2.75) is 91.9 Å². The van der Waals surface area contributed by atoms with E-state index in [1.807, 2.05) is 0 Å². The average molecular weight is 252 g/mol. The van der Waals surface area contributed by atoms with E-state index in [1.54, 1.807) is 6.42 Å². The summed E-state index contributed by atoms with van der Waals surface area (Å²) in [4.78, 5) is 0. The fraction of sp³-hybridized carbons (Fsp3) is 1.00. The Morgan fingerprint density at radius 1 is 0.944 bits per heavy atom. The maximum atomic E-state index is 2.49. The van der Waals surface area contributed by atoms with Crippen molar-refractivity contribution in [2.75, 3.05) is 0 Å². The number of rotatable bonds is 11. The van der Waals surface area contributed by atoms with Crippen molar-refractivity contribution in [1.29, 1.82) is 0 Å². The topological polar surface area (TPSA) is 0 Å². The molecule has 0 aromatic rings. The first kappa shape index (κ1) is 16.1. The highest BCUT2D eigenvalue weighted by Gasteiger charge is 2.36. The van der Waals surface area contributed by atoms with Crippen molar-refractivity contribution in [3.8, 4) is 0 Å². The lowest BCUT2D eigenvalue weighted by Gasteiger charge is -2.15. The second kappa shape index (κ2) is 8.99. The maximum Gasteiger partial charge on any atom is -0.0380 e. The first-order chi connectivity index (χ1) is 8.71. The molecule has 1 aliphatic carbocycles. The minimum atomic E-state index is 0.982. The molecule has 0 N–H and O–H groups in total. The van der Waals surface area contributed by atoms with Crippen LogP contribution in [0.15, 0.2) is 0 Å². The van der Waals surface area contributed by atoms with Crippen LogP contribution < -0.4 is 0 Å². The predicted molar refractivity (Wildman–Crippen MR) is 82.8 cm³/mol. The lowest BCUT2D eigenvalue weighted by atomic mass is 9.91. The summed E-state index contributed by atoms with van der Waals surface area (Å²) in [6.45, 7) is 9.50. The van der Waals surface area contributed by atoms with Crippen molar-refractivity contribution in [3.05, 3.63) is 0 Å². The first-order valence-electron chi connectivity index (χ1n) is 8.71. The van der Waals surface area contributed by atoms with E-state index in [2.05, 4.69) is 27.7 Å². The summed E-state index contributed by atoms with van der Waals surface area (Å²) in [6.07, 6.45) is 14.6. The van der Waals surface area contributed by atoms with Gasteiger partial charge in [0.2, 0.25) is 0 Å². The van der Waals surface area contributed by atoms with Crippen LogP contribution in [0.5, 0.6) is 0 Å². The number of hydrogen-bond donors (Lipinski definition) is 0. The van der Waals surface area contributed by atoms with Crippen molar-refractivity contribution < 1.29 is 0 Å². The molecule has 0 aliphatic heterocycles. The molecule has 0 aromatic carbocycles. The summed E-state index contributed by atoms with van der Waals surface area (Å²) in [6, 6.07) is 0. The van der Waals surface area contributed by atoms with Gasteiger partial charge in [0.05, 0.1) is 0 Å². The second-order valence-corrected chi connectivity index (χ2v) is 6.85. The van der Waals surface area contributed by atoms with Crippen LogP contribution in [-0.4, -0.2) is 0 Å². The van der Waals surface area contributed by atoms with E-state index in [-0.39, 0.29) is 0 Å². The Hall–Kier alpha value is 0. The average Bonchev–Trinajstić information content (AvgIpc) is 3.10. The van der Waals surface area contributed by atoms with E-state index < -0.39 is 0 Å². The van der Waals surface area contributed by atoms with Gasteiger partial charge in [0.15, 0.2) is 0 Å². The zero-order valence-corrected chi connectivity index (χ0v) is 13.4.